The molecule has 0 bridgehead atoms. The van der Waals surface area contributed by atoms with Crippen LogP contribution in [0.5, 0.6) is 0 Å². The fourth-order valence-electron chi connectivity index (χ4n) is 1.05. The number of sulfonamides is 1. The first-order valence-corrected chi connectivity index (χ1v) is 6.45. The summed E-state index contributed by atoms with van der Waals surface area (Å²) in [5, 5.41) is 11.3. The van der Waals surface area contributed by atoms with Gasteiger partial charge in [-0.25, -0.2) is 13.1 Å². The summed E-state index contributed by atoms with van der Waals surface area (Å²) < 4.78 is 30.1. The number of nitrogens with zero attached hydrogens (tertiary/aromatic N) is 1. The molecule has 0 fully saturated rings. The lowest BCUT2D eigenvalue weighted by Crippen LogP contribution is -2.48. The van der Waals surface area contributed by atoms with Gasteiger partial charge in [0.2, 0.25) is 10.0 Å². The molecule has 96 valence electrons. The van der Waals surface area contributed by atoms with Crippen LogP contribution in [-0.4, -0.2) is 45.0 Å². The number of hydrogen-bond acceptors (Lipinski definition) is 5. The Morgan fingerprint density at radius 2 is 2.12 bits per heavy atom. The highest BCUT2D eigenvalue weighted by atomic mass is 32.2. The van der Waals surface area contributed by atoms with E-state index in [1.165, 1.54) is 7.11 Å². The minimum Gasteiger partial charge on any atom is -0.409 e. The van der Waals surface area contributed by atoms with E-state index in [0.717, 1.165) is 0 Å². The normalized spacial score (nSPS) is 15.4. The van der Waals surface area contributed by atoms with Crippen molar-refractivity contribution in [3.8, 4) is 0 Å². The van der Waals surface area contributed by atoms with Crippen molar-refractivity contribution >= 4 is 15.9 Å². The molecule has 0 aliphatic heterocycles. The molecule has 1 unspecified atom stereocenters. The summed E-state index contributed by atoms with van der Waals surface area (Å²) in [4.78, 5) is 0. The fraction of sp³-hybridized carbons (Fsp3) is 0.875. The number of ether oxygens (including phenoxy) is 1. The van der Waals surface area contributed by atoms with Crippen molar-refractivity contribution in [2.75, 3.05) is 19.5 Å². The molecule has 0 amide bonds. The van der Waals surface area contributed by atoms with Gasteiger partial charge < -0.3 is 15.7 Å². The topological polar surface area (TPSA) is 114 Å². The molecule has 8 heteroatoms. The summed E-state index contributed by atoms with van der Waals surface area (Å²) in [5.41, 5.74) is 5.40. The smallest absolute Gasteiger partial charge is 0.214 e. The molecule has 0 aliphatic carbocycles. The van der Waals surface area contributed by atoms with Gasteiger partial charge in [0.1, 0.15) is 0 Å². The summed E-state index contributed by atoms with van der Waals surface area (Å²) >= 11 is 0. The summed E-state index contributed by atoms with van der Waals surface area (Å²) in [6.07, 6.45) is 0. The molecule has 1 atom stereocenters. The molecule has 0 radical (unpaired) electrons. The van der Waals surface area contributed by atoms with Crippen LogP contribution in [0.2, 0.25) is 0 Å². The quantitative estimate of drug-likeness (QED) is 0.241. The van der Waals surface area contributed by atoms with Crippen molar-refractivity contribution in [1.29, 1.82) is 0 Å². The number of methoxy groups -OCH3 is 1. The van der Waals surface area contributed by atoms with E-state index in [1.807, 2.05) is 0 Å². The predicted octanol–water partition coefficient (Wildman–Crippen LogP) is -0.677. The van der Waals surface area contributed by atoms with E-state index in [2.05, 4.69) is 14.6 Å². The SMILES string of the molecule is COCCS(=O)(=O)NC(C(N)=NO)C(C)C. The molecule has 0 saturated carbocycles. The minimum absolute atomic E-state index is 0.0936. The molecule has 0 rings (SSSR count). The zero-order chi connectivity index (χ0) is 12.8. The summed E-state index contributed by atoms with van der Waals surface area (Å²) in [6, 6.07) is -0.716. The molecule has 0 aromatic carbocycles. The Labute approximate surface area is 95.7 Å². The van der Waals surface area contributed by atoms with Gasteiger partial charge in [-0.05, 0) is 5.92 Å². The van der Waals surface area contributed by atoms with Crippen LogP contribution in [0, 0.1) is 5.92 Å². The molecule has 0 aromatic heterocycles. The Morgan fingerprint density at radius 3 is 2.50 bits per heavy atom. The highest BCUT2D eigenvalue weighted by Crippen LogP contribution is 2.03. The standard InChI is InChI=1S/C8H19N3O4S/c1-6(2)7(8(9)10-12)11-16(13,14)5-4-15-3/h6-7,11-12H,4-5H2,1-3H3,(H2,9,10). The highest BCUT2D eigenvalue weighted by Gasteiger charge is 2.24. The average molecular weight is 253 g/mol. The number of nitrogens with two attached hydrogens (primary N) is 1. The first kappa shape index (κ1) is 15.1. The van der Waals surface area contributed by atoms with E-state index in [-0.39, 0.29) is 24.1 Å². The van der Waals surface area contributed by atoms with Crippen LogP contribution in [0.15, 0.2) is 5.16 Å². The lowest BCUT2D eigenvalue weighted by Gasteiger charge is -2.20. The Morgan fingerprint density at radius 1 is 1.56 bits per heavy atom. The second kappa shape index (κ2) is 6.66. The van der Waals surface area contributed by atoms with E-state index < -0.39 is 16.1 Å². The maximum atomic E-state index is 11.5. The van der Waals surface area contributed by atoms with Crippen LogP contribution in [-0.2, 0) is 14.8 Å². The number of amidine groups is 1. The van der Waals surface area contributed by atoms with Crippen molar-refractivity contribution in [3.05, 3.63) is 0 Å². The van der Waals surface area contributed by atoms with Gasteiger partial charge in [-0.3, -0.25) is 0 Å². The van der Waals surface area contributed by atoms with Crippen LogP contribution >= 0.6 is 0 Å². The van der Waals surface area contributed by atoms with Gasteiger partial charge in [0, 0.05) is 7.11 Å². The lowest BCUT2D eigenvalue weighted by atomic mass is 10.1. The first-order valence-electron chi connectivity index (χ1n) is 4.80. The van der Waals surface area contributed by atoms with Gasteiger partial charge in [0.15, 0.2) is 5.84 Å². The summed E-state index contributed by atoms with van der Waals surface area (Å²) in [6.45, 7) is 3.62. The Hall–Kier alpha value is -0.860. The second-order valence-corrected chi connectivity index (χ2v) is 5.55. The van der Waals surface area contributed by atoms with Gasteiger partial charge in [0.25, 0.3) is 0 Å². The number of hydrogen-bond donors (Lipinski definition) is 3. The third kappa shape index (κ3) is 5.29. The maximum Gasteiger partial charge on any atom is 0.214 e. The zero-order valence-corrected chi connectivity index (χ0v) is 10.5. The van der Waals surface area contributed by atoms with Crippen LogP contribution in [0.1, 0.15) is 13.8 Å². The highest BCUT2D eigenvalue weighted by molar-refractivity contribution is 7.89. The fourth-order valence-corrected chi connectivity index (χ4v) is 2.33. The monoisotopic (exact) mass is 253 g/mol. The van der Waals surface area contributed by atoms with Crippen molar-refractivity contribution in [1.82, 2.24) is 4.72 Å². The van der Waals surface area contributed by atoms with Gasteiger partial charge in [0.05, 0.1) is 18.4 Å². The predicted molar refractivity (Wildman–Crippen MR) is 60.8 cm³/mol. The minimum atomic E-state index is -3.49. The molecule has 0 aromatic rings. The molecular formula is C8H19N3O4S. The van der Waals surface area contributed by atoms with Gasteiger partial charge in [-0.15, -0.1) is 0 Å². The molecular weight excluding hydrogens is 234 g/mol. The van der Waals surface area contributed by atoms with E-state index in [0.29, 0.717) is 0 Å². The van der Waals surface area contributed by atoms with E-state index in [4.69, 9.17) is 10.9 Å². The zero-order valence-electron chi connectivity index (χ0n) is 9.67. The van der Waals surface area contributed by atoms with Crippen molar-refractivity contribution in [2.45, 2.75) is 19.9 Å². The molecule has 0 aliphatic rings. The van der Waals surface area contributed by atoms with Crippen LogP contribution in [0.4, 0.5) is 0 Å². The van der Waals surface area contributed by atoms with Crippen LogP contribution < -0.4 is 10.5 Å². The van der Waals surface area contributed by atoms with Gasteiger partial charge >= 0.3 is 0 Å². The van der Waals surface area contributed by atoms with Crippen LogP contribution in [0.25, 0.3) is 0 Å². The molecule has 16 heavy (non-hydrogen) atoms. The Bertz CT molecular complexity index is 326. The van der Waals surface area contributed by atoms with Crippen molar-refractivity contribution in [2.24, 2.45) is 16.8 Å². The van der Waals surface area contributed by atoms with E-state index in [1.54, 1.807) is 13.8 Å². The number of nitrogens with one attached hydrogen (secondary N) is 1. The third-order valence-electron chi connectivity index (χ3n) is 1.96. The largest absolute Gasteiger partial charge is 0.409 e. The third-order valence-corrected chi connectivity index (χ3v) is 3.28. The molecule has 0 spiro atoms. The molecule has 0 saturated heterocycles. The first-order chi connectivity index (χ1) is 7.34. The molecule has 4 N–H and O–H groups in total. The van der Waals surface area contributed by atoms with Crippen molar-refractivity contribution in [3.63, 3.8) is 0 Å². The second-order valence-electron chi connectivity index (χ2n) is 3.68. The number of rotatable bonds is 7. The van der Waals surface area contributed by atoms with Crippen LogP contribution in [0.3, 0.4) is 0 Å². The van der Waals surface area contributed by atoms with Gasteiger partial charge in [-0.2, -0.15) is 0 Å². The average Bonchev–Trinajstić information content (AvgIpc) is 2.22. The maximum absolute atomic E-state index is 11.5. The number of oxime groups is 1. The molecule has 0 heterocycles. The Balaban J connectivity index is 4.64. The van der Waals surface area contributed by atoms with Gasteiger partial charge in [-0.1, -0.05) is 19.0 Å². The molecule has 7 nitrogen and oxygen atoms in total. The van der Waals surface area contributed by atoms with Crippen molar-refractivity contribution < 1.29 is 18.4 Å². The van der Waals surface area contributed by atoms with E-state index in [9.17, 15) is 8.42 Å². The van der Waals surface area contributed by atoms with E-state index >= 15 is 0 Å². The summed E-state index contributed by atoms with van der Waals surface area (Å²) in [5.74, 6) is -0.435. The summed E-state index contributed by atoms with van der Waals surface area (Å²) in [7, 11) is -2.07. The lowest BCUT2D eigenvalue weighted by molar-refractivity contribution is 0.216. The Kier molecular flexibility index (Phi) is 6.31.